The maximum absolute atomic E-state index is 4.10. The molecule has 1 saturated carbocycles. The van der Waals surface area contributed by atoms with Crippen LogP contribution >= 0.6 is 11.5 Å². The highest BCUT2D eigenvalue weighted by molar-refractivity contribution is 7.05. The zero-order valence-corrected chi connectivity index (χ0v) is 10.3. The lowest BCUT2D eigenvalue weighted by Gasteiger charge is -2.29. The van der Waals surface area contributed by atoms with Gasteiger partial charge >= 0.3 is 0 Å². The molecule has 2 rings (SSSR count). The quantitative estimate of drug-likeness (QED) is 0.837. The normalized spacial score (nSPS) is 18.8. The Labute approximate surface area is 95.4 Å². The predicted molar refractivity (Wildman–Crippen MR) is 63.0 cm³/mol. The number of rotatable bonds is 5. The fraction of sp³-hybridized carbons (Fsp3) is 0.818. The molecular formula is C11H19N3S. The Morgan fingerprint density at radius 3 is 2.80 bits per heavy atom. The van der Waals surface area contributed by atoms with E-state index in [0.717, 1.165) is 18.2 Å². The Balaban J connectivity index is 2.01. The molecule has 4 heteroatoms. The Hall–Kier alpha value is -0.480. The highest BCUT2D eigenvalue weighted by atomic mass is 32.1. The molecule has 0 bridgehead atoms. The highest BCUT2D eigenvalue weighted by Crippen LogP contribution is 2.36. The number of aryl methyl sites for hydroxylation is 1. The average molecular weight is 225 g/mol. The van der Waals surface area contributed by atoms with Crippen molar-refractivity contribution in [3.8, 4) is 0 Å². The van der Waals surface area contributed by atoms with Crippen LogP contribution in [0.25, 0.3) is 0 Å². The maximum Gasteiger partial charge on any atom is 0.0772 e. The van der Waals surface area contributed by atoms with Gasteiger partial charge in [-0.25, -0.2) is 0 Å². The van der Waals surface area contributed by atoms with Crippen LogP contribution < -0.4 is 5.32 Å². The number of nitrogens with one attached hydrogen (secondary N) is 1. The van der Waals surface area contributed by atoms with Crippen LogP contribution in [0.5, 0.6) is 0 Å². The van der Waals surface area contributed by atoms with E-state index in [-0.39, 0.29) is 0 Å². The third-order valence-electron chi connectivity index (χ3n) is 3.25. The molecule has 0 aliphatic heterocycles. The van der Waals surface area contributed by atoms with Gasteiger partial charge in [0.15, 0.2) is 0 Å². The van der Waals surface area contributed by atoms with E-state index in [1.54, 1.807) is 11.5 Å². The van der Waals surface area contributed by atoms with E-state index in [1.807, 2.05) is 0 Å². The number of hydrogen-bond donors (Lipinski definition) is 1. The second-order valence-corrected chi connectivity index (χ2v) is 5.15. The summed E-state index contributed by atoms with van der Waals surface area (Å²) in [5, 5.41) is 7.65. The van der Waals surface area contributed by atoms with Gasteiger partial charge in [0.05, 0.1) is 10.6 Å². The molecule has 1 aromatic heterocycles. The van der Waals surface area contributed by atoms with Crippen LogP contribution in [-0.2, 0) is 0 Å². The lowest BCUT2D eigenvalue weighted by atomic mass is 9.80. The fourth-order valence-corrected chi connectivity index (χ4v) is 2.88. The van der Waals surface area contributed by atoms with E-state index in [1.165, 1.54) is 30.6 Å². The smallest absolute Gasteiger partial charge is 0.0772 e. The summed E-state index contributed by atoms with van der Waals surface area (Å²) >= 11 is 1.55. The number of hydrogen-bond acceptors (Lipinski definition) is 4. The molecule has 1 heterocycles. The van der Waals surface area contributed by atoms with Gasteiger partial charge in [-0.15, -0.1) is 5.10 Å². The van der Waals surface area contributed by atoms with Crippen molar-refractivity contribution in [2.24, 2.45) is 5.92 Å². The number of aromatic nitrogens is 2. The van der Waals surface area contributed by atoms with Crippen molar-refractivity contribution < 1.29 is 0 Å². The van der Waals surface area contributed by atoms with Gasteiger partial charge in [0.1, 0.15) is 0 Å². The van der Waals surface area contributed by atoms with Crippen LogP contribution in [0.1, 0.15) is 49.2 Å². The van der Waals surface area contributed by atoms with E-state index in [4.69, 9.17) is 0 Å². The van der Waals surface area contributed by atoms with Gasteiger partial charge in [-0.2, -0.15) is 0 Å². The SMILES string of the molecule is CCNC(CC1CCC1)c1snnc1C. The fourth-order valence-electron chi connectivity index (χ4n) is 2.15. The van der Waals surface area contributed by atoms with Crippen LogP contribution in [0, 0.1) is 12.8 Å². The van der Waals surface area contributed by atoms with Crippen molar-refractivity contribution in [1.82, 2.24) is 14.9 Å². The average Bonchev–Trinajstić information content (AvgIpc) is 2.56. The lowest BCUT2D eigenvalue weighted by molar-refractivity contribution is 0.263. The molecule has 84 valence electrons. The largest absolute Gasteiger partial charge is 0.309 e. The summed E-state index contributed by atoms with van der Waals surface area (Å²) in [5.74, 6) is 0.926. The van der Waals surface area contributed by atoms with Gasteiger partial charge in [-0.05, 0) is 37.3 Å². The molecule has 0 spiro atoms. The molecule has 0 aromatic carbocycles. The Morgan fingerprint density at radius 2 is 2.33 bits per heavy atom. The lowest BCUT2D eigenvalue weighted by Crippen LogP contribution is -2.25. The first-order valence-electron chi connectivity index (χ1n) is 5.83. The molecule has 1 unspecified atom stereocenters. The first-order chi connectivity index (χ1) is 7.31. The van der Waals surface area contributed by atoms with Gasteiger partial charge in [0.2, 0.25) is 0 Å². The van der Waals surface area contributed by atoms with E-state index in [9.17, 15) is 0 Å². The Kier molecular flexibility index (Phi) is 3.70. The second kappa shape index (κ2) is 5.03. The molecule has 1 aliphatic rings. The molecule has 3 nitrogen and oxygen atoms in total. The molecule has 1 aromatic rings. The summed E-state index contributed by atoms with van der Waals surface area (Å²) in [6.45, 7) is 5.25. The molecule has 0 radical (unpaired) electrons. The monoisotopic (exact) mass is 225 g/mol. The summed E-state index contributed by atoms with van der Waals surface area (Å²) < 4.78 is 4.03. The molecule has 1 aliphatic carbocycles. The first kappa shape index (κ1) is 11.0. The van der Waals surface area contributed by atoms with Gasteiger partial charge in [-0.1, -0.05) is 30.7 Å². The molecule has 1 fully saturated rings. The maximum atomic E-state index is 4.10. The second-order valence-electron chi connectivity index (χ2n) is 4.37. The zero-order chi connectivity index (χ0) is 10.7. The van der Waals surface area contributed by atoms with Gasteiger partial charge in [-0.3, -0.25) is 0 Å². The topological polar surface area (TPSA) is 37.8 Å². The number of nitrogens with zero attached hydrogens (tertiary/aromatic N) is 2. The predicted octanol–water partition coefficient (Wildman–Crippen LogP) is 2.69. The highest BCUT2D eigenvalue weighted by Gasteiger charge is 2.24. The summed E-state index contributed by atoms with van der Waals surface area (Å²) in [4.78, 5) is 1.34. The van der Waals surface area contributed by atoms with Crippen LogP contribution in [0.4, 0.5) is 0 Å². The van der Waals surface area contributed by atoms with Gasteiger partial charge in [0.25, 0.3) is 0 Å². The molecular weight excluding hydrogens is 206 g/mol. The minimum absolute atomic E-state index is 0.486. The summed E-state index contributed by atoms with van der Waals surface area (Å²) in [6, 6.07) is 0.486. The Bertz CT molecular complexity index is 307. The van der Waals surface area contributed by atoms with Gasteiger partial charge < -0.3 is 5.32 Å². The van der Waals surface area contributed by atoms with Crippen molar-refractivity contribution in [2.75, 3.05) is 6.54 Å². The molecule has 0 amide bonds. The van der Waals surface area contributed by atoms with Crippen LogP contribution in [0.3, 0.4) is 0 Å². The van der Waals surface area contributed by atoms with Crippen LogP contribution in [-0.4, -0.2) is 16.1 Å². The third kappa shape index (κ3) is 2.55. The van der Waals surface area contributed by atoms with Crippen molar-refractivity contribution in [1.29, 1.82) is 0 Å². The van der Waals surface area contributed by atoms with E-state index in [0.29, 0.717) is 6.04 Å². The summed E-state index contributed by atoms with van der Waals surface area (Å²) in [7, 11) is 0. The van der Waals surface area contributed by atoms with Crippen molar-refractivity contribution in [3.63, 3.8) is 0 Å². The van der Waals surface area contributed by atoms with Gasteiger partial charge in [0, 0.05) is 6.04 Å². The molecule has 1 N–H and O–H groups in total. The standard InChI is InChI=1S/C11H19N3S/c1-3-12-10(7-9-5-4-6-9)11-8(2)13-14-15-11/h9-10,12H,3-7H2,1-2H3. The van der Waals surface area contributed by atoms with E-state index < -0.39 is 0 Å². The van der Waals surface area contributed by atoms with Crippen molar-refractivity contribution in [2.45, 2.75) is 45.6 Å². The van der Waals surface area contributed by atoms with E-state index >= 15 is 0 Å². The minimum atomic E-state index is 0.486. The molecule has 0 saturated heterocycles. The third-order valence-corrected chi connectivity index (χ3v) is 4.19. The molecule has 1 atom stereocenters. The minimum Gasteiger partial charge on any atom is -0.309 e. The summed E-state index contributed by atoms with van der Waals surface area (Å²) in [5.41, 5.74) is 1.10. The van der Waals surface area contributed by atoms with Crippen LogP contribution in [0.15, 0.2) is 0 Å². The Morgan fingerprint density at radius 1 is 1.53 bits per heavy atom. The zero-order valence-electron chi connectivity index (χ0n) is 9.49. The van der Waals surface area contributed by atoms with Crippen molar-refractivity contribution in [3.05, 3.63) is 10.6 Å². The first-order valence-corrected chi connectivity index (χ1v) is 6.60. The molecule has 15 heavy (non-hydrogen) atoms. The van der Waals surface area contributed by atoms with E-state index in [2.05, 4.69) is 28.8 Å². The van der Waals surface area contributed by atoms with Crippen molar-refractivity contribution >= 4 is 11.5 Å². The summed E-state index contributed by atoms with van der Waals surface area (Å²) in [6.07, 6.45) is 5.50. The van der Waals surface area contributed by atoms with Crippen LogP contribution in [0.2, 0.25) is 0 Å².